The van der Waals surface area contributed by atoms with Crippen LogP contribution in [0.15, 0.2) is 139 Å². The Balaban J connectivity index is 1.25. The number of ether oxygens (including phenoxy) is 2. The zero-order valence-electron chi connectivity index (χ0n) is 25.4. The summed E-state index contributed by atoms with van der Waals surface area (Å²) in [5.74, 6) is 0.197. The fraction of sp³-hybridized carbons (Fsp3) is 0.171. The zero-order valence-corrected chi connectivity index (χ0v) is 27.1. The van der Waals surface area contributed by atoms with Crippen molar-refractivity contribution in [2.75, 3.05) is 6.35 Å². The first-order chi connectivity index (χ1) is 23.0. The maximum Gasteiger partial charge on any atom is 0.585 e. The molecule has 6 aromatic rings. The number of alkyl halides is 1. The third-order valence-electron chi connectivity index (χ3n) is 8.02. The van der Waals surface area contributed by atoms with Gasteiger partial charge < -0.3 is 9.47 Å². The second-order valence-electron chi connectivity index (χ2n) is 11.0. The van der Waals surface area contributed by atoms with E-state index >= 15 is 4.39 Å². The predicted molar refractivity (Wildman–Crippen MR) is 181 cm³/mol. The fourth-order valence-electron chi connectivity index (χ4n) is 5.71. The van der Waals surface area contributed by atoms with Gasteiger partial charge in [-0.1, -0.05) is 116 Å². The third kappa shape index (κ3) is 6.13. The summed E-state index contributed by atoms with van der Waals surface area (Å²) in [7, 11) is -4.84. The maximum absolute atomic E-state index is 15.8. The molecular formula is C35H31FN5O4P2+. The van der Waals surface area contributed by atoms with Gasteiger partial charge in [-0.05, 0) is 16.7 Å². The standard InChI is InChI=1S/C35H31FN5O4P2/c1-25-30(36)34(44-35(25)43-24-46(42)45-26-14-6-2-7-15-26)41-23-39-31-32(37-22-38-33(31)41)40-47(27-16-8-3-9-17-27,28-18-10-4-11-19-28)29-20-12-5-13-21-29/h2-23,25,30,34-35H,24H2,1H3/q+1/t25-,30?,34+,35?/m0/s1. The molecule has 0 saturated carbocycles. The van der Waals surface area contributed by atoms with Gasteiger partial charge in [0.1, 0.15) is 6.33 Å². The summed E-state index contributed by atoms with van der Waals surface area (Å²) >= 11 is 0. The number of hydrogen-bond donors (Lipinski definition) is 0. The van der Waals surface area contributed by atoms with E-state index in [2.05, 4.69) is 51.4 Å². The van der Waals surface area contributed by atoms with E-state index in [9.17, 15) is 4.57 Å². The molecule has 236 valence electrons. The molecule has 0 amide bonds. The van der Waals surface area contributed by atoms with Crippen LogP contribution in [-0.2, 0) is 14.0 Å². The van der Waals surface area contributed by atoms with Crippen molar-refractivity contribution in [3.8, 4) is 5.75 Å². The van der Waals surface area contributed by atoms with Gasteiger partial charge in [0.25, 0.3) is 6.35 Å². The molecule has 0 bridgehead atoms. The molecule has 3 heterocycles. The van der Waals surface area contributed by atoms with E-state index in [4.69, 9.17) is 18.7 Å². The highest BCUT2D eigenvalue weighted by Crippen LogP contribution is 2.50. The molecule has 1 aliphatic rings. The van der Waals surface area contributed by atoms with Gasteiger partial charge in [0.15, 0.2) is 41.4 Å². The van der Waals surface area contributed by atoms with E-state index in [0.717, 1.165) is 15.9 Å². The average Bonchev–Trinajstić information content (AvgIpc) is 3.68. The molecule has 4 aromatic carbocycles. The van der Waals surface area contributed by atoms with Crippen LogP contribution in [0, 0.1) is 5.92 Å². The Hall–Kier alpha value is -4.59. The minimum absolute atomic E-state index is 0.251. The van der Waals surface area contributed by atoms with Gasteiger partial charge in [-0.3, -0.25) is 9.09 Å². The number of aromatic nitrogens is 4. The molecule has 5 atom stereocenters. The lowest BCUT2D eigenvalue weighted by Gasteiger charge is -2.26. The van der Waals surface area contributed by atoms with Crippen LogP contribution in [0.2, 0.25) is 0 Å². The summed E-state index contributed by atoms with van der Waals surface area (Å²) < 4.78 is 52.6. The fourth-order valence-corrected chi connectivity index (χ4v) is 9.87. The SMILES string of the molecule is C[C@@H]1C(OC[P+](=O)Oc2ccccc2)O[C@@H](n2cnc3c(N=P(c4ccccc4)(c4ccccc4)c4ccccc4)ncnc32)C1F. The van der Waals surface area contributed by atoms with Crippen LogP contribution in [0.4, 0.5) is 10.2 Å². The molecule has 2 aromatic heterocycles. The Morgan fingerprint density at radius 1 is 0.830 bits per heavy atom. The number of nitrogens with zero attached hydrogens (tertiary/aromatic N) is 5. The molecule has 0 radical (unpaired) electrons. The van der Waals surface area contributed by atoms with Gasteiger partial charge in [-0.2, -0.15) is 0 Å². The van der Waals surface area contributed by atoms with Gasteiger partial charge in [-0.15, -0.1) is 0 Å². The van der Waals surface area contributed by atoms with E-state index in [1.807, 2.05) is 60.7 Å². The molecule has 3 unspecified atom stereocenters. The lowest BCUT2D eigenvalue weighted by Crippen LogP contribution is -2.25. The Morgan fingerprint density at radius 2 is 1.38 bits per heavy atom. The van der Waals surface area contributed by atoms with Crippen LogP contribution < -0.4 is 20.4 Å². The first-order valence-corrected chi connectivity index (χ1v) is 18.2. The molecule has 47 heavy (non-hydrogen) atoms. The topological polar surface area (TPSA) is 101 Å². The smallest absolute Gasteiger partial charge is 0.325 e. The average molecular weight is 667 g/mol. The molecule has 1 aliphatic heterocycles. The van der Waals surface area contributed by atoms with Gasteiger partial charge in [0.05, 0.1) is 13.4 Å². The Labute approximate surface area is 272 Å². The molecule has 0 aliphatic carbocycles. The summed E-state index contributed by atoms with van der Waals surface area (Å²) in [6, 6.07) is 39.4. The van der Waals surface area contributed by atoms with Crippen LogP contribution in [0.25, 0.3) is 11.2 Å². The quantitative estimate of drug-likeness (QED) is 0.142. The molecule has 0 N–H and O–H groups in total. The summed E-state index contributed by atoms with van der Waals surface area (Å²) in [6.45, 7) is 1.69. The largest absolute Gasteiger partial charge is 0.585 e. The molecule has 0 spiro atoms. The summed E-state index contributed by atoms with van der Waals surface area (Å²) in [6.07, 6.45) is -0.821. The minimum atomic E-state index is -2.65. The van der Waals surface area contributed by atoms with Crippen LogP contribution in [0.5, 0.6) is 5.75 Å². The number of rotatable bonds is 10. The Bertz CT molecular complexity index is 1930. The van der Waals surface area contributed by atoms with Crippen molar-refractivity contribution in [2.45, 2.75) is 25.6 Å². The summed E-state index contributed by atoms with van der Waals surface area (Å²) in [5, 5.41) is 3.15. The van der Waals surface area contributed by atoms with E-state index in [1.165, 1.54) is 12.7 Å². The third-order valence-corrected chi connectivity index (χ3v) is 12.4. The molecule has 7 rings (SSSR count). The number of fused-ring (bicyclic) bond motifs is 1. The normalized spacial score (nSPS) is 19.8. The first kappa shape index (κ1) is 31.0. The van der Waals surface area contributed by atoms with Gasteiger partial charge in [0.2, 0.25) is 0 Å². The molecular weight excluding hydrogens is 635 g/mol. The van der Waals surface area contributed by atoms with Crippen LogP contribution in [0.3, 0.4) is 0 Å². The second kappa shape index (κ2) is 13.6. The van der Waals surface area contributed by atoms with Crippen LogP contribution >= 0.6 is 15.1 Å². The highest BCUT2D eigenvalue weighted by molar-refractivity contribution is 7.87. The lowest BCUT2D eigenvalue weighted by atomic mass is 10.1. The highest BCUT2D eigenvalue weighted by atomic mass is 31.2. The second-order valence-corrected chi connectivity index (χ2v) is 15.1. The van der Waals surface area contributed by atoms with Crippen molar-refractivity contribution in [3.63, 3.8) is 0 Å². The zero-order chi connectivity index (χ0) is 32.2. The molecule has 1 saturated heterocycles. The van der Waals surface area contributed by atoms with Crippen LogP contribution in [-0.4, -0.2) is 38.3 Å². The monoisotopic (exact) mass is 666 g/mol. The molecule has 9 nitrogen and oxygen atoms in total. The van der Waals surface area contributed by atoms with E-state index in [1.54, 1.807) is 35.8 Å². The minimum Gasteiger partial charge on any atom is -0.325 e. The Kier molecular flexibility index (Phi) is 9.01. The van der Waals surface area contributed by atoms with Crippen molar-refractivity contribution in [2.24, 2.45) is 10.7 Å². The number of imidazole rings is 1. The Morgan fingerprint density at radius 3 is 1.96 bits per heavy atom. The van der Waals surface area contributed by atoms with Crippen LogP contribution in [0.1, 0.15) is 13.2 Å². The van der Waals surface area contributed by atoms with Crippen molar-refractivity contribution in [1.82, 2.24) is 19.5 Å². The molecule has 1 fully saturated rings. The van der Waals surface area contributed by atoms with Crippen molar-refractivity contribution in [1.29, 1.82) is 0 Å². The van der Waals surface area contributed by atoms with Crippen molar-refractivity contribution >= 4 is 48.0 Å². The number of para-hydroxylation sites is 1. The lowest BCUT2D eigenvalue weighted by molar-refractivity contribution is -0.151. The van der Waals surface area contributed by atoms with Crippen molar-refractivity contribution in [3.05, 3.63) is 134 Å². The number of benzene rings is 4. The van der Waals surface area contributed by atoms with E-state index in [-0.39, 0.29) is 6.35 Å². The van der Waals surface area contributed by atoms with E-state index in [0.29, 0.717) is 22.7 Å². The number of hydrogen-bond acceptors (Lipinski definition) is 8. The van der Waals surface area contributed by atoms with Gasteiger partial charge in [-0.25, -0.2) is 24.1 Å². The number of halogens is 1. The van der Waals surface area contributed by atoms with E-state index < -0.39 is 39.7 Å². The maximum atomic E-state index is 15.8. The summed E-state index contributed by atoms with van der Waals surface area (Å²) in [5.41, 5.74) is 0.803. The summed E-state index contributed by atoms with van der Waals surface area (Å²) in [4.78, 5) is 13.7. The highest BCUT2D eigenvalue weighted by Gasteiger charge is 2.46. The predicted octanol–water partition coefficient (Wildman–Crippen LogP) is 7.26. The van der Waals surface area contributed by atoms with Gasteiger partial charge in [0, 0.05) is 21.8 Å². The molecule has 12 heteroatoms. The van der Waals surface area contributed by atoms with Crippen molar-refractivity contribution < 1.29 is 23.0 Å². The van der Waals surface area contributed by atoms with Gasteiger partial charge >= 0.3 is 8.03 Å². The first-order valence-electron chi connectivity index (χ1n) is 15.1.